The van der Waals surface area contributed by atoms with Crippen LogP contribution in [0, 0.1) is 6.92 Å². The summed E-state index contributed by atoms with van der Waals surface area (Å²) in [6.07, 6.45) is 2.72. The fraction of sp³-hybridized carbons (Fsp3) is 0.452. The van der Waals surface area contributed by atoms with Crippen LogP contribution in [0.1, 0.15) is 40.0 Å². The van der Waals surface area contributed by atoms with Gasteiger partial charge in [0.1, 0.15) is 5.75 Å². The van der Waals surface area contributed by atoms with Crippen molar-refractivity contribution >= 4 is 11.8 Å². The van der Waals surface area contributed by atoms with Crippen molar-refractivity contribution < 1.29 is 28.9 Å². The Labute approximate surface area is 246 Å². The number of aryl methyl sites for hydroxylation is 2. The van der Waals surface area contributed by atoms with Crippen LogP contribution in [0.5, 0.6) is 17.2 Å². The van der Waals surface area contributed by atoms with Crippen LogP contribution < -0.4 is 14.8 Å². The number of hydrogen-bond acceptors (Lipinski definition) is 8. The molecule has 1 saturated heterocycles. The number of hydrogen-bond donors (Lipinski definition) is 2. The number of likely N-dealkylation sites (tertiary alicyclic amines) is 1. The molecule has 0 aliphatic carbocycles. The first-order valence-electron chi connectivity index (χ1n) is 14.3. The van der Waals surface area contributed by atoms with E-state index in [1.54, 1.807) is 18.2 Å². The van der Waals surface area contributed by atoms with Crippen molar-refractivity contribution in [1.82, 2.24) is 24.9 Å². The van der Waals surface area contributed by atoms with Crippen molar-refractivity contribution in [3.05, 3.63) is 71.0 Å². The molecule has 0 unspecified atom stereocenters. The van der Waals surface area contributed by atoms with E-state index in [-0.39, 0.29) is 43.7 Å². The maximum absolute atomic E-state index is 13.6. The molecule has 3 aromatic rings. The van der Waals surface area contributed by atoms with Crippen LogP contribution in [0.25, 0.3) is 0 Å². The summed E-state index contributed by atoms with van der Waals surface area (Å²) in [5, 5.41) is 17.0. The van der Waals surface area contributed by atoms with E-state index in [0.29, 0.717) is 48.9 Å². The third-order valence-corrected chi connectivity index (χ3v) is 7.83. The first-order valence-corrected chi connectivity index (χ1v) is 14.3. The van der Waals surface area contributed by atoms with E-state index in [9.17, 15) is 14.7 Å². The smallest absolute Gasteiger partial charge is 0.254 e. The normalized spacial score (nSPS) is 20.0. The fourth-order valence-electron chi connectivity index (χ4n) is 5.53. The molecule has 2 atom stereocenters. The van der Waals surface area contributed by atoms with Crippen molar-refractivity contribution in [2.45, 2.75) is 45.1 Å². The van der Waals surface area contributed by atoms with E-state index in [4.69, 9.17) is 14.2 Å². The van der Waals surface area contributed by atoms with E-state index >= 15 is 0 Å². The number of nitrogens with zero attached hydrogens (tertiary/aromatic N) is 4. The van der Waals surface area contributed by atoms with Gasteiger partial charge >= 0.3 is 0 Å². The number of carbonyl (C=O) groups is 2. The van der Waals surface area contributed by atoms with Crippen LogP contribution in [0.3, 0.4) is 0 Å². The lowest BCUT2D eigenvalue weighted by molar-refractivity contribution is -0.125. The highest BCUT2D eigenvalue weighted by Crippen LogP contribution is 2.33. The van der Waals surface area contributed by atoms with Gasteiger partial charge in [-0.05, 0) is 61.2 Å². The van der Waals surface area contributed by atoms with Crippen LogP contribution in [-0.2, 0) is 29.7 Å². The molecule has 3 heterocycles. The Morgan fingerprint density at radius 2 is 2.05 bits per heavy atom. The molecule has 2 aliphatic heterocycles. The molecule has 2 amide bonds. The average Bonchev–Trinajstić information content (AvgIpc) is 3.30. The number of aliphatic hydroxyl groups is 1. The number of aromatic nitrogens is 2. The van der Waals surface area contributed by atoms with Gasteiger partial charge in [0.25, 0.3) is 5.91 Å². The zero-order valence-corrected chi connectivity index (χ0v) is 24.4. The van der Waals surface area contributed by atoms with Gasteiger partial charge in [-0.3, -0.25) is 19.2 Å². The Morgan fingerprint density at radius 3 is 2.81 bits per heavy atom. The zero-order chi connectivity index (χ0) is 29.6. The molecule has 2 aromatic carbocycles. The molecular formula is C31H39N5O6. The van der Waals surface area contributed by atoms with Crippen molar-refractivity contribution in [2.75, 3.05) is 39.9 Å². The molecule has 1 aromatic heterocycles. The lowest BCUT2D eigenvalue weighted by Gasteiger charge is -2.39. The van der Waals surface area contributed by atoms with Gasteiger partial charge in [0.15, 0.2) is 11.5 Å². The summed E-state index contributed by atoms with van der Waals surface area (Å²) in [7, 11) is 3.48. The highest BCUT2D eigenvalue weighted by atomic mass is 16.5. The first-order chi connectivity index (χ1) is 20.3. The Hall–Kier alpha value is -3.93. The van der Waals surface area contributed by atoms with Crippen molar-refractivity contribution in [3.63, 3.8) is 0 Å². The van der Waals surface area contributed by atoms with Gasteiger partial charge in [-0.2, -0.15) is 5.10 Å². The Morgan fingerprint density at radius 1 is 1.19 bits per heavy atom. The van der Waals surface area contributed by atoms with Gasteiger partial charge in [-0.1, -0.05) is 12.1 Å². The topological polar surface area (TPSA) is 118 Å². The summed E-state index contributed by atoms with van der Waals surface area (Å²) in [5.74, 6) is 0.838. The summed E-state index contributed by atoms with van der Waals surface area (Å²) in [5.41, 5.74) is 3.54. The molecule has 2 aliphatic rings. The van der Waals surface area contributed by atoms with E-state index in [2.05, 4.69) is 15.3 Å². The molecule has 5 rings (SSSR count). The number of aliphatic hydroxyl groups excluding tert-OH is 1. The van der Waals surface area contributed by atoms with Crippen LogP contribution in [0.4, 0.5) is 0 Å². The van der Waals surface area contributed by atoms with Crippen LogP contribution in [0.15, 0.2) is 48.7 Å². The lowest BCUT2D eigenvalue weighted by atomic mass is 10.0. The number of amides is 2. The van der Waals surface area contributed by atoms with Gasteiger partial charge < -0.3 is 29.5 Å². The second-order valence-corrected chi connectivity index (χ2v) is 10.9. The largest absolute Gasteiger partial charge is 0.493 e. The Kier molecular flexibility index (Phi) is 9.41. The summed E-state index contributed by atoms with van der Waals surface area (Å²) in [6.45, 7) is 4.49. The van der Waals surface area contributed by atoms with Gasteiger partial charge in [0.2, 0.25) is 5.91 Å². The molecule has 1 fully saturated rings. The molecule has 2 N–H and O–H groups in total. The number of rotatable bonds is 6. The van der Waals surface area contributed by atoms with Gasteiger partial charge in [-0.25, -0.2) is 0 Å². The summed E-state index contributed by atoms with van der Waals surface area (Å²) < 4.78 is 20.0. The SMILES string of the molecule is COc1ccc2cc1Oc1cccc(c1)CO[C@H]1CCN(Cc3c(C)cnn3C)C[C@@H]1NC(=O)CN(CCCO)C2=O. The molecule has 0 radical (unpaired) electrons. The lowest BCUT2D eigenvalue weighted by Crippen LogP contribution is -2.57. The van der Waals surface area contributed by atoms with E-state index in [1.165, 1.54) is 12.0 Å². The number of fused-ring (bicyclic) bond motifs is 5. The maximum Gasteiger partial charge on any atom is 0.254 e. The number of benzene rings is 2. The number of ether oxygens (including phenoxy) is 3. The standard InChI is InChI=1S/C31H39N5O6/c1-21-16-32-34(2)26(21)18-35-12-10-27-25(17-35)33-30(38)19-36(11-5-13-37)31(39)23-8-9-28(40-3)29(15-23)42-24-7-4-6-22(14-24)20-41-27/h4,6-9,14-16,25,27,37H,5,10-13,17-20H2,1-3H3,(H,33,38)/t25-,27-/m0/s1. The summed E-state index contributed by atoms with van der Waals surface area (Å²) in [4.78, 5) is 30.8. The van der Waals surface area contributed by atoms with Crippen molar-refractivity contribution in [1.29, 1.82) is 0 Å². The minimum absolute atomic E-state index is 0.0976. The van der Waals surface area contributed by atoms with Crippen LogP contribution in [0.2, 0.25) is 0 Å². The molecule has 11 heteroatoms. The van der Waals surface area contributed by atoms with Crippen LogP contribution in [-0.4, -0.2) is 88.5 Å². The maximum atomic E-state index is 13.6. The van der Waals surface area contributed by atoms with Gasteiger partial charge in [0.05, 0.1) is 44.3 Å². The Balaban J connectivity index is 1.44. The Bertz CT molecular complexity index is 1390. The fourth-order valence-corrected chi connectivity index (χ4v) is 5.53. The summed E-state index contributed by atoms with van der Waals surface area (Å²) >= 11 is 0. The quantitative estimate of drug-likeness (QED) is 0.459. The molecular weight excluding hydrogens is 538 g/mol. The molecule has 0 spiro atoms. The van der Waals surface area contributed by atoms with Gasteiger partial charge in [-0.15, -0.1) is 0 Å². The van der Waals surface area contributed by atoms with Gasteiger partial charge in [0, 0.05) is 45.4 Å². The number of carbonyl (C=O) groups excluding carboxylic acids is 2. The minimum Gasteiger partial charge on any atom is -0.493 e. The highest BCUT2D eigenvalue weighted by Gasteiger charge is 2.33. The van der Waals surface area contributed by atoms with Crippen LogP contribution >= 0.6 is 0 Å². The predicted molar refractivity (Wildman–Crippen MR) is 155 cm³/mol. The number of nitrogens with one attached hydrogen (secondary N) is 1. The number of methoxy groups -OCH3 is 1. The molecule has 4 bridgehead atoms. The third-order valence-electron chi connectivity index (χ3n) is 7.83. The average molecular weight is 578 g/mol. The number of piperidine rings is 1. The second-order valence-electron chi connectivity index (χ2n) is 10.9. The first kappa shape index (κ1) is 29.6. The third kappa shape index (κ3) is 6.92. The van der Waals surface area contributed by atoms with Crippen molar-refractivity contribution in [3.8, 4) is 17.2 Å². The zero-order valence-electron chi connectivity index (χ0n) is 24.4. The monoisotopic (exact) mass is 577 g/mol. The predicted octanol–water partition coefficient (Wildman–Crippen LogP) is 2.64. The molecule has 42 heavy (non-hydrogen) atoms. The van der Waals surface area contributed by atoms with Crippen molar-refractivity contribution in [2.24, 2.45) is 7.05 Å². The second kappa shape index (κ2) is 13.4. The highest BCUT2D eigenvalue weighted by molar-refractivity contribution is 5.97. The minimum atomic E-state index is -0.336. The molecule has 224 valence electrons. The van der Waals surface area contributed by atoms with E-state index < -0.39 is 0 Å². The molecule has 11 nitrogen and oxygen atoms in total. The summed E-state index contributed by atoms with van der Waals surface area (Å²) in [6, 6.07) is 12.3. The van der Waals surface area contributed by atoms with E-state index in [0.717, 1.165) is 29.8 Å². The molecule has 0 saturated carbocycles. The van der Waals surface area contributed by atoms with E-state index in [1.807, 2.05) is 49.1 Å².